The van der Waals surface area contributed by atoms with Crippen LogP contribution in [0.15, 0.2) is 40.4 Å². The summed E-state index contributed by atoms with van der Waals surface area (Å²) in [5, 5.41) is 17.1. The van der Waals surface area contributed by atoms with Crippen LogP contribution in [0, 0.1) is 0 Å². The second-order valence-corrected chi connectivity index (χ2v) is 9.21. The summed E-state index contributed by atoms with van der Waals surface area (Å²) >= 11 is 2.90. The first-order valence-corrected chi connectivity index (χ1v) is 11.6. The molecule has 3 aromatic heterocycles. The maximum absolute atomic E-state index is 11.9. The van der Waals surface area contributed by atoms with Crippen LogP contribution in [0.4, 0.5) is 5.13 Å². The normalized spacial score (nSPS) is 14.1. The molecule has 1 aromatic carbocycles. The molecule has 1 amide bonds. The topological polar surface area (TPSA) is 104 Å². The molecule has 0 atom stereocenters. The van der Waals surface area contributed by atoms with E-state index in [0.29, 0.717) is 34.8 Å². The van der Waals surface area contributed by atoms with Crippen LogP contribution in [0.3, 0.4) is 0 Å². The number of carbonyl (C=O) groups excluding carboxylic acids is 1. The molecule has 1 aliphatic carbocycles. The minimum Gasteiger partial charge on any atom is -0.473 e. The van der Waals surface area contributed by atoms with Crippen LogP contribution in [0.5, 0.6) is 5.88 Å². The highest BCUT2D eigenvalue weighted by Gasteiger charge is 2.20. The van der Waals surface area contributed by atoms with Gasteiger partial charge in [-0.05, 0) is 55.3 Å². The number of fused-ring (bicyclic) bond motifs is 2. The zero-order chi connectivity index (χ0) is 21.2. The fraction of sp³-hybridized carbons (Fsp3) is 0.350. The number of aromatic nitrogens is 5. The van der Waals surface area contributed by atoms with Gasteiger partial charge >= 0.3 is 0 Å². The van der Waals surface area contributed by atoms with Crippen LogP contribution < -0.4 is 10.1 Å². The van der Waals surface area contributed by atoms with Gasteiger partial charge in [-0.2, -0.15) is 4.52 Å². The average Bonchev–Trinajstić information content (AvgIpc) is 3.32. The van der Waals surface area contributed by atoms with Crippen molar-refractivity contribution >= 4 is 50.0 Å². The largest absolute Gasteiger partial charge is 0.473 e. The Labute approximate surface area is 186 Å². The lowest BCUT2D eigenvalue weighted by atomic mass is 9.96. The van der Waals surface area contributed by atoms with Gasteiger partial charge in [0.25, 0.3) is 0 Å². The molecule has 0 aliphatic heterocycles. The first kappa shape index (κ1) is 20.2. The molecule has 1 fully saturated rings. The molecule has 11 heteroatoms. The lowest BCUT2D eigenvalue weighted by molar-refractivity contribution is -0.117. The molecule has 5 rings (SSSR count). The summed E-state index contributed by atoms with van der Waals surface area (Å²) in [4.78, 5) is 17.4. The first-order valence-electron chi connectivity index (χ1n) is 9.94. The SMILES string of the molecule is COCCC(=O)Nc1nc2ccc(Sc3nnc4ccc(OC5CCC5)nn34)cc2s1. The van der Waals surface area contributed by atoms with E-state index in [1.54, 1.807) is 11.6 Å². The van der Waals surface area contributed by atoms with E-state index < -0.39 is 0 Å². The summed E-state index contributed by atoms with van der Waals surface area (Å²) in [7, 11) is 1.57. The standard InChI is InChI=1S/C20H20N6O3S2/c1-28-10-9-17(27)22-19-21-14-6-5-13(11-15(14)31-19)30-20-24-23-16-7-8-18(25-26(16)20)29-12-3-2-4-12/h5-8,11-12H,2-4,9-10H2,1H3,(H,21,22,27). The van der Waals surface area contributed by atoms with Crippen LogP contribution in [0.1, 0.15) is 25.7 Å². The highest BCUT2D eigenvalue weighted by Crippen LogP contribution is 2.33. The number of methoxy groups -OCH3 is 1. The van der Waals surface area contributed by atoms with Gasteiger partial charge in [0.1, 0.15) is 6.10 Å². The Bertz CT molecular complexity index is 1240. The molecule has 0 bridgehead atoms. The summed E-state index contributed by atoms with van der Waals surface area (Å²) in [6.07, 6.45) is 3.92. The third-order valence-corrected chi connectivity index (χ3v) is 6.76. The number of hydrogen-bond acceptors (Lipinski definition) is 9. The van der Waals surface area contributed by atoms with Gasteiger partial charge in [0.05, 0.1) is 23.2 Å². The number of rotatable bonds is 8. The fourth-order valence-corrected chi connectivity index (χ4v) is 4.86. The van der Waals surface area contributed by atoms with Crippen molar-refractivity contribution in [1.82, 2.24) is 24.8 Å². The molecule has 31 heavy (non-hydrogen) atoms. The van der Waals surface area contributed by atoms with Gasteiger partial charge in [-0.3, -0.25) is 4.79 Å². The molecular weight excluding hydrogens is 436 g/mol. The Hall–Kier alpha value is -2.76. The summed E-state index contributed by atoms with van der Waals surface area (Å²) < 4.78 is 13.5. The molecule has 4 aromatic rings. The van der Waals surface area contributed by atoms with E-state index in [-0.39, 0.29) is 12.0 Å². The Balaban J connectivity index is 1.34. The Kier molecular flexibility index (Phi) is 5.70. The number of benzene rings is 1. The third-order valence-electron chi connectivity index (χ3n) is 4.90. The number of nitrogens with zero attached hydrogens (tertiary/aromatic N) is 5. The molecule has 9 nitrogen and oxygen atoms in total. The summed E-state index contributed by atoms with van der Waals surface area (Å²) in [5.41, 5.74) is 1.50. The van der Waals surface area contributed by atoms with E-state index in [0.717, 1.165) is 28.0 Å². The third kappa shape index (κ3) is 4.48. The van der Waals surface area contributed by atoms with Crippen LogP contribution in [0.25, 0.3) is 15.9 Å². The fourth-order valence-electron chi connectivity index (χ4n) is 3.04. The van der Waals surface area contributed by atoms with Gasteiger partial charge in [0.15, 0.2) is 10.8 Å². The van der Waals surface area contributed by atoms with Gasteiger partial charge in [-0.1, -0.05) is 11.3 Å². The van der Waals surface area contributed by atoms with E-state index in [9.17, 15) is 4.79 Å². The Morgan fingerprint density at radius 3 is 3.00 bits per heavy atom. The predicted octanol–water partition coefficient (Wildman–Crippen LogP) is 3.79. The van der Waals surface area contributed by atoms with E-state index in [1.165, 1.54) is 29.5 Å². The van der Waals surface area contributed by atoms with Gasteiger partial charge < -0.3 is 14.8 Å². The Morgan fingerprint density at radius 1 is 1.29 bits per heavy atom. The second-order valence-electron chi connectivity index (χ2n) is 7.14. The van der Waals surface area contributed by atoms with Crippen molar-refractivity contribution in [3.05, 3.63) is 30.3 Å². The number of nitrogens with one attached hydrogen (secondary N) is 1. The van der Waals surface area contributed by atoms with Crippen molar-refractivity contribution in [2.24, 2.45) is 0 Å². The highest BCUT2D eigenvalue weighted by molar-refractivity contribution is 7.99. The van der Waals surface area contributed by atoms with E-state index >= 15 is 0 Å². The minimum atomic E-state index is -0.114. The van der Waals surface area contributed by atoms with Crippen LogP contribution in [-0.2, 0) is 9.53 Å². The number of ether oxygens (including phenoxy) is 2. The van der Waals surface area contributed by atoms with Crippen LogP contribution in [-0.4, -0.2) is 50.5 Å². The maximum Gasteiger partial charge on any atom is 0.232 e. The smallest absolute Gasteiger partial charge is 0.232 e. The Morgan fingerprint density at radius 2 is 2.19 bits per heavy atom. The molecule has 0 radical (unpaired) electrons. The highest BCUT2D eigenvalue weighted by atomic mass is 32.2. The summed E-state index contributed by atoms with van der Waals surface area (Å²) in [5.74, 6) is 0.474. The number of anilines is 1. The van der Waals surface area contributed by atoms with Crippen molar-refractivity contribution in [2.75, 3.05) is 19.0 Å². The lowest BCUT2D eigenvalue weighted by Crippen LogP contribution is -2.25. The van der Waals surface area contributed by atoms with Crippen molar-refractivity contribution in [2.45, 2.75) is 41.8 Å². The molecule has 160 valence electrons. The van der Waals surface area contributed by atoms with Crippen LogP contribution in [0.2, 0.25) is 0 Å². The molecule has 1 saturated carbocycles. The average molecular weight is 457 g/mol. The monoisotopic (exact) mass is 456 g/mol. The molecule has 1 aliphatic rings. The molecule has 3 heterocycles. The van der Waals surface area contributed by atoms with Crippen molar-refractivity contribution in [3.8, 4) is 5.88 Å². The number of hydrogen-bond donors (Lipinski definition) is 1. The number of amides is 1. The van der Waals surface area contributed by atoms with Gasteiger partial charge in [-0.25, -0.2) is 4.98 Å². The number of thiazole rings is 1. The van der Waals surface area contributed by atoms with E-state index in [4.69, 9.17) is 9.47 Å². The quantitative estimate of drug-likeness (QED) is 0.427. The zero-order valence-electron chi connectivity index (χ0n) is 16.8. The molecule has 0 saturated heterocycles. The molecule has 0 unspecified atom stereocenters. The molecular formula is C20H20N6O3S2. The van der Waals surface area contributed by atoms with E-state index in [2.05, 4.69) is 25.6 Å². The van der Waals surface area contributed by atoms with Crippen LogP contribution >= 0.6 is 23.1 Å². The van der Waals surface area contributed by atoms with Crippen molar-refractivity contribution < 1.29 is 14.3 Å². The summed E-state index contributed by atoms with van der Waals surface area (Å²) in [6, 6.07) is 9.63. The summed E-state index contributed by atoms with van der Waals surface area (Å²) in [6.45, 7) is 0.380. The molecule has 0 spiro atoms. The first-order chi connectivity index (χ1) is 15.2. The number of carbonyl (C=O) groups is 1. The lowest BCUT2D eigenvalue weighted by Gasteiger charge is -2.25. The van der Waals surface area contributed by atoms with Crippen molar-refractivity contribution in [3.63, 3.8) is 0 Å². The van der Waals surface area contributed by atoms with E-state index in [1.807, 2.05) is 30.3 Å². The van der Waals surface area contributed by atoms with Gasteiger partial charge in [0, 0.05) is 18.1 Å². The van der Waals surface area contributed by atoms with Gasteiger partial charge in [-0.15, -0.1) is 15.3 Å². The minimum absolute atomic E-state index is 0.114. The second kappa shape index (κ2) is 8.77. The predicted molar refractivity (Wildman–Crippen MR) is 118 cm³/mol. The van der Waals surface area contributed by atoms with Gasteiger partial charge in [0.2, 0.25) is 16.9 Å². The zero-order valence-corrected chi connectivity index (χ0v) is 18.4. The maximum atomic E-state index is 11.9. The van der Waals surface area contributed by atoms with Crippen molar-refractivity contribution in [1.29, 1.82) is 0 Å². The molecule has 1 N–H and O–H groups in total.